The van der Waals surface area contributed by atoms with E-state index in [0.29, 0.717) is 12.3 Å². The van der Waals surface area contributed by atoms with E-state index in [4.69, 9.17) is 0 Å². The lowest BCUT2D eigenvalue weighted by atomic mass is 9.89. The second-order valence-corrected chi connectivity index (χ2v) is 5.42. The number of unbranched alkanes of at least 4 members (excludes halogenated alkanes) is 1. The molecular weight excluding hydrogens is 202 g/mol. The first-order chi connectivity index (χ1) is 7.31. The van der Waals surface area contributed by atoms with Gasteiger partial charge in [0, 0.05) is 6.04 Å². The molecule has 0 amide bonds. The fraction of sp³-hybridized carbons (Fsp3) is 0.923. The van der Waals surface area contributed by atoms with E-state index in [-0.39, 0.29) is 6.04 Å². The summed E-state index contributed by atoms with van der Waals surface area (Å²) >= 11 is 0. The van der Waals surface area contributed by atoms with Gasteiger partial charge in [-0.15, -0.1) is 0 Å². The van der Waals surface area contributed by atoms with E-state index in [1.165, 1.54) is 0 Å². The van der Waals surface area contributed by atoms with Crippen molar-refractivity contribution in [1.82, 2.24) is 5.32 Å². The van der Waals surface area contributed by atoms with Gasteiger partial charge in [0.2, 0.25) is 0 Å². The fourth-order valence-corrected chi connectivity index (χ4v) is 2.15. The molecular formula is C13H27NO2. The Morgan fingerprint density at radius 3 is 2.31 bits per heavy atom. The van der Waals surface area contributed by atoms with Gasteiger partial charge in [-0.25, -0.2) is 0 Å². The smallest absolute Gasteiger partial charge is 0.323 e. The molecule has 0 rings (SSSR count). The predicted octanol–water partition coefficient (Wildman–Crippen LogP) is 3.04. The molecule has 0 spiro atoms. The third-order valence-electron chi connectivity index (χ3n) is 2.84. The van der Waals surface area contributed by atoms with Crippen LogP contribution in [0.2, 0.25) is 0 Å². The van der Waals surface area contributed by atoms with Crippen LogP contribution in [0.5, 0.6) is 0 Å². The summed E-state index contributed by atoms with van der Waals surface area (Å²) < 4.78 is 0. The molecule has 0 aromatic carbocycles. The summed E-state index contributed by atoms with van der Waals surface area (Å²) in [6, 6.07) is 0.264. The summed E-state index contributed by atoms with van der Waals surface area (Å²) in [5.41, 5.74) is -0.790. The maximum Gasteiger partial charge on any atom is 0.323 e. The quantitative estimate of drug-likeness (QED) is 0.672. The zero-order chi connectivity index (χ0) is 12.8. The van der Waals surface area contributed by atoms with Gasteiger partial charge in [0.05, 0.1) is 0 Å². The number of carboxylic acid groups (broad SMARTS) is 1. The second kappa shape index (κ2) is 6.89. The topological polar surface area (TPSA) is 49.3 Å². The van der Waals surface area contributed by atoms with Gasteiger partial charge in [-0.2, -0.15) is 0 Å². The van der Waals surface area contributed by atoms with Crippen molar-refractivity contribution in [3.8, 4) is 0 Å². The maximum atomic E-state index is 11.3. The molecule has 0 saturated heterocycles. The molecule has 0 aliphatic heterocycles. The number of aliphatic carboxylic acids is 1. The van der Waals surface area contributed by atoms with Crippen LogP contribution in [0.3, 0.4) is 0 Å². The number of hydrogen-bond acceptors (Lipinski definition) is 2. The van der Waals surface area contributed by atoms with Crippen molar-refractivity contribution in [3.63, 3.8) is 0 Å². The normalized spacial score (nSPS) is 17.1. The summed E-state index contributed by atoms with van der Waals surface area (Å²) in [4.78, 5) is 11.3. The van der Waals surface area contributed by atoms with Crippen molar-refractivity contribution in [2.24, 2.45) is 5.92 Å². The van der Waals surface area contributed by atoms with Crippen LogP contribution in [0.1, 0.15) is 60.3 Å². The van der Waals surface area contributed by atoms with Crippen LogP contribution in [0.15, 0.2) is 0 Å². The van der Waals surface area contributed by atoms with Crippen LogP contribution in [0.25, 0.3) is 0 Å². The van der Waals surface area contributed by atoms with E-state index in [1.54, 1.807) is 6.92 Å². The van der Waals surface area contributed by atoms with Crippen molar-refractivity contribution < 1.29 is 9.90 Å². The van der Waals surface area contributed by atoms with Crippen LogP contribution in [0.4, 0.5) is 0 Å². The number of carbonyl (C=O) groups is 1. The lowest BCUT2D eigenvalue weighted by Crippen LogP contribution is -2.53. The Morgan fingerprint density at radius 1 is 1.38 bits per heavy atom. The molecule has 3 heteroatoms. The molecule has 96 valence electrons. The first-order valence-corrected chi connectivity index (χ1v) is 6.33. The lowest BCUT2D eigenvalue weighted by molar-refractivity contribution is -0.145. The maximum absolute atomic E-state index is 11.3. The Morgan fingerprint density at radius 2 is 1.94 bits per heavy atom. The monoisotopic (exact) mass is 229 g/mol. The van der Waals surface area contributed by atoms with Gasteiger partial charge in [0.15, 0.2) is 0 Å². The Balaban J connectivity index is 4.37. The zero-order valence-electron chi connectivity index (χ0n) is 11.3. The molecule has 0 heterocycles. The zero-order valence-corrected chi connectivity index (χ0v) is 11.3. The highest BCUT2D eigenvalue weighted by Crippen LogP contribution is 2.18. The van der Waals surface area contributed by atoms with Gasteiger partial charge in [0.1, 0.15) is 5.54 Å². The lowest BCUT2D eigenvalue weighted by Gasteiger charge is -2.31. The van der Waals surface area contributed by atoms with E-state index in [2.05, 4.69) is 33.0 Å². The van der Waals surface area contributed by atoms with Gasteiger partial charge in [-0.1, -0.05) is 33.6 Å². The summed E-state index contributed by atoms with van der Waals surface area (Å²) in [6.07, 6.45) is 4.00. The molecule has 0 fully saturated rings. The number of rotatable bonds is 8. The summed E-state index contributed by atoms with van der Waals surface area (Å²) in [5.74, 6) is -0.364. The van der Waals surface area contributed by atoms with Crippen LogP contribution < -0.4 is 5.32 Å². The van der Waals surface area contributed by atoms with Gasteiger partial charge < -0.3 is 5.11 Å². The van der Waals surface area contributed by atoms with Gasteiger partial charge in [-0.3, -0.25) is 10.1 Å². The average Bonchev–Trinajstić information content (AvgIpc) is 2.12. The molecule has 2 N–H and O–H groups in total. The molecule has 3 nitrogen and oxygen atoms in total. The van der Waals surface area contributed by atoms with E-state index >= 15 is 0 Å². The fourth-order valence-electron chi connectivity index (χ4n) is 2.15. The third-order valence-corrected chi connectivity index (χ3v) is 2.84. The molecule has 0 radical (unpaired) electrons. The first-order valence-electron chi connectivity index (χ1n) is 6.33. The van der Waals surface area contributed by atoms with Gasteiger partial charge in [0.25, 0.3) is 0 Å². The van der Waals surface area contributed by atoms with E-state index in [0.717, 1.165) is 19.3 Å². The van der Waals surface area contributed by atoms with Gasteiger partial charge >= 0.3 is 5.97 Å². The number of nitrogens with one attached hydrogen (secondary N) is 1. The minimum atomic E-state index is -0.790. The number of hydrogen-bond donors (Lipinski definition) is 2. The Kier molecular flexibility index (Phi) is 6.65. The molecule has 0 saturated carbocycles. The van der Waals surface area contributed by atoms with Crippen LogP contribution in [-0.4, -0.2) is 22.7 Å². The number of carboxylic acids is 1. The molecule has 0 bridgehead atoms. The minimum absolute atomic E-state index is 0.264. The van der Waals surface area contributed by atoms with Crippen LogP contribution in [0, 0.1) is 5.92 Å². The summed E-state index contributed by atoms with van der Waals surface area (Å²) in [7, 11) is 0. The van der Waals surface area contributed by atoms with Crippen molar-refractivity contribution in [3.05, 3.63) is 0 Å². The highest BCUT2D eigenvalue weighted by Gasteiger charge is 2.34. The molecule has 0 aliphatic carbocycles. The third kappa shape index (κ3) is 5.50. The first kappa shape index (κ1) is 15.4. The van der Waals surface area contributed by atoms with Crippen molar-refractivity contribution in [2.45, 2.75) is 71.9 Å². The molecule has 16 heavy (non-hydrogen) atoms. The van der Waals surface area contributed by atoms with Crippen LogP contribution >= 0.6 is 0 Å². The summed E-state index contributed by atoms with van der Waals surface area (Å²) in [6.45, 7) is 10.1. The standard InChI is InChI=1S/C13H27NO2/c1-6-7-8-11(4)14-13(5,12(15)16)9-10(2)3/h10-11,14H,6-9H2,1-5H3,(H,15,16). The molecule has 0 aliphatic rings. The highest BCUT2D eigenvalue weighted by atomic mass is 16.4. The van der Waals surface area contributed by atoms with Crippen molar-refractivity contribution in [1.29, 1.82) is 0 Å². The SMILES string of the molecule is CCCCC(C)NC(C)(CC(C)C)C(=O)O. The van der Waals surface area contributed by atoms with Crippen molar-refractivity contribution >= 4 is 5.97 Å². The van der Waals surface area contributed by atoms with Gasteiger partial charge in [-0.05, 0) is 32.6 Å². The Labute approximate surface area is 99.6 Å². The van der Waals surface area contributed by atoms with E-state index in [9.17, 15) is 9.90 Å². The minimum Gasteiger partial charge on any atom is -0.480 e. The van der Waals surface area contributed by atoms with E-state index in [1.807, 2.05) is 0 Å². The van der Waals surface area contributed by atoms with E-state index < -0.39 is 11.5 Å². The molecule has 0 aromatic heterocycles. The Hall–Kier alpha value is -0.570. The largest absolute Gasteiger partial charge is 0.480 e. The average molecular weight is 229 g/mol. The summed E-state index contributed by atoms with van der Waals surface area (Å²) in [5, 5.41) is 12.6. The van der Waals surface area contributed by atoms with Crippen LogP contribution in [-0.2, 0) is 4.79 Å². The Bertz CT molecular complexity index is 216. The highest BCUT2D eigenvalue weighted by molar-refractivity contribution is 5.78. The molecule has 0 aromatic rings. The molecule has 2 atom stereocenters. The molecule has 2 unspecified atom stereocenters. The second-order valence-electron chi connectivity index (χ2n) is 5.42. The van der Waals surface area contributed by atoms with Crippen molar-refractivity contribution in [2.75, 3.05) is 0 Å². The predicted molar refractivity (Wildman–Crippen MR) is 67.6 cm³/mol.